The molecule has 0 saturated carbocycles. The molecule has 0 radical (unpaired) electrons. The van der Waals surface area contributed by atoms with Crippen LogP contribution in [0.25, 0.3) is 0 Å². The Morgan fingerprint density at radius 2 is 1.83 bits per heavy atom. The standard InChI is InChI=1S/C15H22O2S/c1-3-5-7-11-14(10-4-2)18(16,17)15-12-8-6-9-13-15/h4,6,8-10,12-14H,3,5,7,11H2,1-2H3/b10-4+. The molecule has 1 aromatic carbocycles. The van der Waals surface area contributed by atoms with Crippen molar-refractivity contribution in [2.24, 2.45) is 0 Å². The molecular formula is C15H22O2S. The van der Waals surface area contributed by atoms with Gasteiger partial charge >= 0.3 is 0 Å². The van der Waals surface area contributed by atoms with Crippen LogP contribution in [-0.2, 0) is 9.84 Å². The van der Waals surface area contributed by atoms with E-state index in [1.807, 2.05) is 19.1 Å². The number of sulfone groups is 1. The van der Waals surface area contributed by atoms with Gasteiger partial charge in [0.1, 0.15) is 0 Å². The van der Waals surface area contributed by atoms with Gasteiger partial charge in [-0.05, 0) is 25.5 Å². The highest BCUT2D eigenvalue weighted by atomic mass is 32.2. The van der Waals surface area contributed by atoms with E-state index in [1.165, 1.54) is 0 Å². The molecular weight excluding hydrogens is 244 g/mol. The summed E-state index contributed by atoms with van der Waals surface area (Å²) in [6, 6.07) is 8.72. The Balaban J connectivity index is 2.91. The molecule has 3 heteroatoms. The fraction of sp³-hybridized carbons (Fsp3) is 0.467. The second kappa shape index (κ2) is 7.37. The van der Waals surface area contributed by atoms with Crippen molar-refractivity contribution in [3.63, 3.8) is 0 Å². The van der Waals surface area contributed by atoms with Crippen molar-refractivity contribution in [2.75, 3.05) is 0 Å². The van der Waals surface area contributed by atoms with Crippen LogP contribution in [0.3, 0.4) is 0 Å². The Morgan fingerprint density at radius 1 is 1.17 bits per heavy atom. The maximum Gasteiger partial charge on any atom is 0.184 e. The second-order valence-electron chi connectivity index (χ2n) is 4.42. The Hall–Kier alpha value is -1.09. The molecule has 18 heavy (non-hydrogen) atoms. The average molecular weight is 266 g/mol. The Morgan fingerprint density at radius 3 is 2.39 bits per heavy atom. The Kier molecular flexibility index (Phi) is 6.13. The first kappa shape index (κ1) is 15.0. The summed E-state index contributed by atoms with van der Waals surface area (Å²) >= 11 is 0. The zero-order chi connectivity index (χ0) is 13.4. The molecule has 0 spiro atoms. The molecule has 100 valence electrons. The second-order valence-corrected chi connectivity index (χ2v) is 6.59. The van der Waals surface area contributed by atoms with Gasteiger partial charge in [0.15, 0.2) is 9.84 Å². The fourth-order valence-electron chi connectivity index (χ4n) is 1.95. The summed E-state index contributed by atoms with van der Waals surface area (Å²) in [6.07, 6.45) is 7.48. The summed E-state index contributed by atoms with van der Waals surface area (Å²) in [5.41, 5.74) is 0. The van der Waals surface area contributed by atoms with Gasteiger partial charge < -0.3 is 0 Å². The topological polar surface area (TPSA) is 34.1 Å². The van der Waals surface area contributed by atoms with Gasteiger partial charge in [-0.3, -0.25) is 0 Å². The van der Waals surface area contributed by atoms with E-state index < -0.39 is 15.1 Å². The molecule has 1 unspecified atom stereocenters. The third-order valence-electron chi connectivity index (χ3n) is 2.97. The molecule has 0 aliphatic heterocycles. The largest absolute Gasteiger partial charge is 0.223 e. The molecule has 1 atom stereocenters. The minimum absolute atomic E-state index is 0.392. The number of hydrogen-bond acceptors (Lipinski definition) is 2. The third kappa shape index (κ3) is 3.98. The molecule has 0 aliphatic carbocycles. The van der Waals surface area contributed by atoms with E-state index in [0.29, 0.717) is 11.3 Å². The normalized spacial score (nSPS) is 13.9. The van der Waals surface area contributed by atoms with Gasteiger partial charge in [0, 0.05) is 0 Å². The van der Waals surface area contributed by atoms with Gasteiger partial charge in [-0.25, -0.2) is 8.42 Å². The van der Waals surface area contributed by atoms with E-state index in [-0.39, 0.29) is 0 Å². The third-order valence-corrected chi connectivity index (χ3v) is 5.09. The smallest absolute Gasteiger partial charge is 0.184 e. The highest BCUT2D eigenvalue weighted by molar-refractivity contribution is 7.92. The molecule has 1 rings (SSSR count). The number of benzene rings is 1. The number of hydrogen-bond donors (Lipinski definition) is 0. The maximum atomic E-state index is 12.5. The zero-order valence-corrected chi connectivity index (χ0v) is 12.0. The van der Waals surface area contributed by atoms with Crippen LogP contribution >= 0.6 is 0 Å². The van der Waals surface area contributed by atoms with E-state index >= 15 is 0 Å². The summed E-state index contributed by atoms with van der Waals surface area (Å²) in [7, 11) is -3.23. The Bertz CT molecular complexity index is 461. The molecule has 0 bridgehead atoms. The van der Waals surface area contributed by atoms with Crippen LogP contribution in [0.4, 0.5) is 0 Å². The lowest BCUT2D eigenvalue weighted by molar-refractivity contribution is 0.576. The van der Waals surface area contributed by atoms with Crippen molar-refractivity contribution in [1.29, 1.82) is 0 Å². The predicted molar refractivity (Wildman–Crippen MR) is 76.4 cm³/mol. The summed E-state index contributed by atoms with van der Waals surface area (Å²) in [6.45, 7) is 3.99. The first-order valence-electron chi connectivity index (χ1n) is 6.54. The molecule has 0 N–H and O–H groups in total. The van der Waals surface area contributed by atoms with E-state index in [4.69, 9.17) is 0 Å². The zero-order valence-electron chi connectivity index (χ0n) is 11.2. The summed E-state index contributed by atoms with van der Waals surface area (Å²) < 4.78 is 24.9. The van der Waals surface area contributed by atoms with Crippen LogP contribution < -0.4 is 0 Å². The lowest BCUT2D eigenvalue weighted by Gasteiger charge is -2.14. The van der Waals surface area contributed by atoms with Gasteiger partial charge in [-0.15, -0.1) is 0 Å². The average Bonchev–Trinajstić information content (AvgIpc) is 2.39. The van der Waals surface area contributed by atoms with Crippen molar-refractivity contribution >= 4 is 9.84 Å². The number of allylic oxidation sites excluding steroid dienone is 1. The van der Waals surface area contributed by atoms with Gasteiger partial charge in [-0.2, -0.15) is 0 Å². The van der Waals surface area contributed by atoms with Crippen molar-refractivity contribution in [3.05, 3.63) is 42.5 Å². The molecule has 1 aromatic rings. The van der Waals surface area contributed by atoms with E-state index in [0.717, 1.165) is 19.3 Å². The van der Waals surface area contributed by atoms with Crippen molar-refractivity contribution in [1.82, 2.24) is 0 Å². The minimum Gasteiger partial charge on any atom is -0.223 e. The van der Waals surface area contributed by atoms with Crippen LogP contribution in [0.2, 0.25) is 0 Å². The maximum absolute atomic E-state index is 12.5. The molecule has 0 saturated heterocycles. The minimum atomic E-state index is -3.23. The van der Waals surface area contributed by atoms with E-state index in [1.54, 1.807) is 30.3 Å². The Labute approximate surface area is 111 Å². The molecule has 0 aromatic heterocycles. The fourth-order valence-corrected chi connectivity index (χ4v) is 3.68. The number of rotatable bonds is 7. The molecule has 0 fully saturated rings. The summed E-state index contributed by atoms with van der Waals surface area (Å²) in [4.78, 5) is 0.421. The summed E-state index contributed by atoms with van der Waals surface area (Å²) in [5.74, 6) is 0. The summed E-state index contributed by atoms with van der Waals surface area (Å²) in [5, 5.41) is -0.392. The SMILES string of the molecule is C/C=C/C(CCCCC)S(=O)(=O)c1ccccc1. The lowest BCUT2D eigenvalue weighted by Crippen LogP contribution is -2.19. The van der Waals surface area contributed by atoms with Gasteiger partial charge in [0.05, 0.1) is 10.1 Å². The van der Waals surface area contributed by atoms with Crippen LogP contribution in [0, 0.1) is 0 Å². The van der Waals surface area contributed by atoms with E-state index in [9.17, 15) is 8.42 Å². The molecule has 0 heterocycles. The molecule has 0 aliphatic rings. The first-order chi connectivity index (χ1) is 8.62. The van der Waals surface area contributed by atoms with Crippen LogP contribution in [0.1, 0.15) is 39.5 Å². The van der Waals surface area contributed by atoms with Crippen LogP contribution in [0.5, 0.6) is 0 Å². The van der Waals surface area contributed by atoms with Gasteiger partial charge in [0.2, 0.25) is 0 Å². The van der Waals surface area contributed by atoms with Crippen molar-refractivity contribution < 1.29 is 8.42 Å². The number of unbranched alkanes of at least 4 members (excludes halogenated alkanes) is 2. The van der Waals surface area contributed by atoms with Crippen molar-refractivity contribution in [3.8, 4) is 0 Å². The first-order valence-corrected chi connectivity index (χ1v) is 8.09. The quantitative estimate of drug-likeness (QED) is 0.552. The van der Waals surface area contributed by atoms with Crippen molar-refractivity contribution in [2.45, 2.75) is 49.7 Å². The van der Waals surface area contributed by atoms with Crippen LogP contribution in [-0.4, -0.2) is 13.7 Å². The highest BCUT2D eigenvalue weighted by Gasteiger charge is 2.24. The van der Waals surface area contributed by atoms with Gasteiger partial charge in [-0.1, -0.05) is 56.5 Å². The van der Waals surface area contributed by atoms with Gasteiger partial charge in [0.25, 0.3) is 0 Å². The van der Waals surface area contributed by atoms with E-state index in [2.05, 4.69) is 6.92 Å². The predicted octanol–water partition coefficient (Wildman–Crippen LogP) is 3.99. The lowest BCUT2D eigenvalue weighted by atomic mass is 10.1. The van der Waals surface area contributed by atoms with Crippen LogP contribution in [0.15, 0.2) is 47.4 Å². The molecule has 2 nitrogen and oxygen atoms in total. The molecule has 0 amide bonds. The highest BCUT2D eigenvalue weighted by Crippen LogP contribution is 2.21. The monoisotopic (exact) mass is 266 g/mol.